The summed E-state index contributed by atoms with van der Waals surface area (Å²) in [5, 5.41) is 18.6. The number of amides is 2. The van der Waals surface area contributed by atoms with Crippen LogP contribution in [0, 0.1) is 19.8 Å². The number of benzene rings is 3. The number of carbonyl (C=O) groups excluding carboxylic acids is 2. The SMILES string of the molecule is COc1cc(/C=C/c2cccc(-c3cccc(NC(=O)c4ccc(CNC[C@@H]5CCC(=O)N5)cn4)c3C)c2C)c(C(F)(F)F)cc1CN1CC[C@@H](C(=O)O)C1. The monoisotopic (exact) mass is 755 g/mol. The number of nitrogens with zero attached hydrogens (tertiary/aromatic N) is 2. The first-order valence-electron chi connectivity index (χ1n) is 18.2. The van der Waals surface area contributed by atoms with Crippen LogP contribution in [0.3, 0.4) is 0 Å². The molecule has 3 heterocycles. The first-order chi connectivity index (χ1) is 26.3. The van der Waals surface area contributed by atoms with Crippen molar-refractivity contribution in [3.05, 3.63) is 111 Å². The van der Waals surface area contributed by atoms with E-state index in [1.807, 2.05) is 55.1 Å². The van der Waals surface area contributed by atoms with Crippen molar-refractivity contribution in [2.45, 2.75) is 58.4 Å². The molecule has 1 aromatic heterocycles. The van der Waals surface area contributed by atoms with Gasteiger partial charge in [-0.25, -0.2) is 0 Å². The fourth-order valence-corrected chi connectivity index (χ4v) is 7.20. The largest absolute Gasteiger partial charge is 0.496 e. The van der Waals surface area contributed by atoms with Crippen LogP contribution in [0.5, 0.6) is 5.75 Å². The van der Waals surface area contributed by atoms with E-state index >= 15 is 0 Å². The van der Waals surface area contributed by atoms with E-state index in [2.05, 4.69) is 20.9 Å². The molecule has 0 bridgehead atoms. The Morgan fingerprint density at radius 1 is 1.02 bits per heavy atom. The van der Waals surface area contributed by atoms with Crippen molar-refractivity contribution in [2.24, 2.45) is 5.92 Å². The van der Waals surface area contributed by atoms with E-state index < -0.39 is 23.6 Å². The highest BCUT2D eigenvalue weighted by Gasteiger charge is 2.35. The van der Waals surface area contributed by atoms with Crippen LogP contribution in [0.4, 0.5) is 18.9 Å². The van der Waals surface area contributed by atoms with Gasteiger partial charge < -0.3 is 25.8 Å². The molecule has 0 unspecified atom stereocenters. The maximum atomic E-state index is 14.4. The number of aliphatic carboxylic acids is 1. The molecule has 3 aromatic carbocycles. The molecule has 6 rings (SSSR count). The summed E-state index contributed by atoms with van der Waals surface area (Å²) in [6.07, 6.45) is 1.89. The fourth-order valence-electron chi connectivity index (χ4n) is 7.20. The average molecular weight is 756 g/mol. The number of alkyl halides is 3. The second kappa shape index (κ2) is 16.9. The first kappa shape index (κ1) is 39.2. The van der Waals surface area contributed by atoms with Gasteiger partial charge in [0, 0.05) is 56.1 Å². The number of ether oxygens (including phenoxy) is 1. The van der Waals surface area contributed by atoms with E-state index in [1.54, 1.807) is 24.4 Å². The fraction of sp³-hybridized carbons (Fsp3) is 0.333. The number of rotatable bonds is 13. The number of carboxylic acid groups (broad SMARTS) is 1. The Kier molecular flexibility index (Phi) is 12.0. The van der Waals surface area contributed by atoms with Gasteiger partial charge in [-0.1, -0.05) is 48.6 Å². The Morgan fingerprint density at radius 3 is 2.42 bits per heavy atom. The van der Waals surface area contributed by atoms with Gasteiger partial charge >= 0.3 is 12.1 Å². The Balaban J connectivity index is 1.17. The highest BCUT2D eigenvalue weighted by molar-refractivity contribution is 6.03. The van der Waals surface area contributed by atoms with Crippen LogP contribution in [-0.2, 0) is 28.9 Å². The van der Waals surface area contributed by atoms with Gasteiger partial charge in [0.2, 0.25) is 5.91 Å². The topological polar surface area (TPSA) is 133 Å². The van der Waals surface area contributed by atoms with E-state index in [0.29, 0.717) is 55.0 Å². The molecular formula is C42H44F3N5O5. The van der Waals surface area contributed by atoms with Crippen LogP contribution in [0.25, 0.3) is 23.3 Å². The van der Waals surface area contributed by atoms with E-state index in [1.165, 1.54) is 19.3 Å². The van der Waals surface area contributed by atoms with Crippen LogP contribution < -0.4 is 20.7 Å². The number of nitrogens with one attached hydrogen (secondary N) is 3. The molecule has 4 N–H and O–H groups in total. The molecule has 2 fully saturated rings. The predicted octanol–water partition coefficient (Wildman–Crippen LogP) is 7.09. The highest BCUT2D eigenvalue weighted by Crippen LogP contribution is 2.38. The van der Waals surface area contributed by atoms with Crippen molar-refractivity contribution < 1.29 is 37.4 Å². The molecule has 0 radical (unpaired) electrons. The third-order valence-corrected chi connectivity index (χ3v) is 10.3. The Bertz CT molecular complexity index is 2100. The molecule has 2 atom stereocenters. The van der Waals surface area contributed by atoms with E-state index in [0.717, 1.165) is 40.3 Å². The Hall–Kier alpha value is -5.53. The van der Waals surface area contributed by atoms with Gasteiger partial charge in [-0.15, -0.1) is 0 Å². The van der Waals surface area contributed by atoms with Crippen LogP contribution in [-0.4, -0.2) is 65.6 Å². The third kappa shape index (κ3) is 9.41. The van der Waals surface area contributed by atoms with Crippen molar-refractivity contribution in [1.82, 2.24) is 20.5 Å². The van der Waals surface area contributed by atoms with E-state index in [4.69, 9.17) is 4.74 Å². The zero-order valence-corrected chi connectivity index (χ0v) is 30.9. The second-order valence-electron chi connectivity index (χ2n) is 14.1. The van der Waals surface area contributed by atoms with Crippen molar-refractivity contribution in [3.63, 3.8) is 0 Å². The number of carbonyl (C=O) groups is 3. The van der Waals surface area contributed by atoms with E-state index in [9.17, 15) is 32.7 Å². The van der Waals surface area contributed by atoms with Gasteiger partial charge in [-0.2, -0.15) is 13.2 Å². The predicted molar refractivity (Wildman–Crippen MR) is 204 cm³/mol. The molecule has 0 spiro atoms. The molecule has 2 aliphatic heterocycles. The molecule has 2 saturated heterocycles. The maximum Gasteiger partial charge on any atom is 0.417 e. The number of likely N-dealkylation sites (tertiary alicyclic amines) is 1. The number of anilines is 1. The number of hydrogen-bond donors (Lipinski definition) is 4. The standard InChI is InChI=1S/C42H44F3N5O5/c1-25-28(11-12-29-19-38(55-3)31(18-35(29)42(43,44)45)24-50-17-16-30(23-50)41(53)54)6-4-7-33(25)34-8-5-9-36(26(34)2)49-40(52)37-14-10-27(21-47-37)20-46-22-32-13-15-39(51)48-32/h4-12,14,18-19,21,30,32,46H,13,15-17,20,22-24H2,1-3H3,(H,48,51)(H,49,52)(H,53,54)/b12-11+/t30-,32+/m1/s1. The summed E-state index contributed by atoms with van der Waals surface area (Å²) in [5.41, 5.74) is 5.32. The lowest BCUT2D eigenvalue weighted by molar-refractivity contribution is -0.141. The molecule has 13 heteroatoms. The number of carboxylic acids is 1. The molecule has 0 saturated carbocycles. The molecular weight excluding hydrogens is 711 g/mol. The zero-order valence-electron chi connectivity index (χ0n) is 30.9. The van der Waals surface area contributed by atoms with Crippen LogP contribution >= 0.6 is 0 Å². The average Bonchev–Trinajstić information content (AvgIpc) is 3.81. The van der Waals surface area contributed by atoms with Gasteiger partial charge in [0.05, 0.1) is 18.6 Å². The lowest BCUT2D eigenvalue weighted by Crippen LogP contribution is -2.35. The molecule has 288 valence electrons. The summed E-state index contributed by atoms with van der Waals surface area (Å²) in [7, 11) is 1.41. The van der Waals surface area contributed by atoms with Gasteiger partial charge in [-0.3, -0.25) is 24.3 Å². The minimum absolute atomic E-state index is 0.0550. The second-order valence-corrected chi connectivity index (χ2v) is 14.1. The van der Waals surface area contributed by atoms with Crippen LogP contribution in [0.15, 0.2) is 66.9 Å². The van der Waals surface area contributed by atoms with Crippen molar-refractivity contribution in [1.29, 1.82) is 0 Å². The molecule has 10 nitrogen and oxygen atoms in total. The number of pyridine rings is 1. The van der Waals surface area contributed by atoms with Crippen molar-refractivity contribution in [2.75, 3.05) is 32.1 Å². The summed E-state index contributed by atoms with van der Waals surface area (Å²) >= 11 is 0. The first-order valence-corrected chi connectivity index (χ1v) is 18.2. The molecule has 2 amide bonds. The van der Waals surface area contributed by atoms with Crippen molar-refractivity contribution in [3.8, 4) is 16.9 Å². The summed E-state index contributed by atoms with van der Waals surface area (Å²) in [6.45, 7) is 5.89. The van der Waals surface area contributed by atoms with Gasteiger partial charge in [0.15, 0.2) is 0 Å². The van der Waals surface area contributed by atoms with Crippen molar-refractivity contribution >= 4 is 35.6 Å². The number of methoxy groups -OCH3 is 1. The quantitative estimate of drug-likeness (QED) is 0.106. The molecule has 0 aliphatic carbocycles. The maximum absolute atomic E-state index is 14.4. The molecule has 4 aromatic rings. The third-order valence-electron chi connectivity index (χ3n) is 10.3. The lowest BCUT2D eigenvalue weighted by Gasteiger charge is -2.20. The molecule has 2 aliphatic rings. The summed E-state index contributed by atoms with van der Waals surface area (Å²) < 4.78 is 48.8. The normalized spacial score (nSPS) is 17.5. The van der Waals surface area contributed by atoms with E-state index in [-0.39, 0.29) is 42.2 Å². The zero-order chi connectivity index (χ0) is 39.3. The lowest BCUT2D eigenvalue weighted by atomic mass is 9.92. The smallest absolute Gasteiger partial charge is 0.417 e. The van der Waals surface area contributed by atoms with Gasteiger partial charge in [0.1, 0.15) is 11.4 Å². The number of aromatic nitrogens is 1. The Morgan fingerprint density at radius 2 is 1.76 bits per heavy atom. The summed E-state index contributed by atoms with van der Waals surface area (Å²) in [6, 6.07) is 17.3. The van der Waals surface area contributed by atoms with Gasteiger partial charge in [-0.05, 0) is 96.4 Å². The highest BCUT2D eigenvalue weighted by atomic mass is 19.4. The van der Waals surface area contributed by atoms with Crippen LogP contribution in [0.1, 0.15) is 68.7 Å². The minimum Gasteiger partial charge on any atom is -0.496 e. The summed E-state index contributed by atoms with van der Waals surface area (Å²) in [5.74, 6) is -1.46. The van der Waals surface area contributed by atoms with Crippen LogP contribution in [0.2, 0.25) is 0 Å². The molecule has 55 heavy (non-hydrogen) atoms. The minimum atomic E-state index is -4.64. The summed E-state index contributed by atoms with van der Waals surface area (Å²) in [4.78, 5) is 42.2. The number of halogens is 3. The van der Waals surface area contributed by atoms with Gasteiger partial charge in [0.25, 0.3) is 5.91 Å². The number of hydrogen-bond acceptors (Lipinski definition) is 7. The Labute approximate surface area is 317 Å².